The molecule has 1 saturated carbocycles. The molecule has 1 amide bonds. The van der Waals surface area contributed by atoms with Crippen LogP contribution in [-0.4, -0.2) is 42.0 Å². The van der Waals surface area contributed by atoms with Gasteiger partial charge in [0, 0.05) is 38.1 Å². The van der Waals surface area contributed by atoms with E-state index in [0.717, 1.165) is 32.0 Å². The highest BCUT2D eigenvalue weighted by Gasteiger charge is 2.27. The Kier molecular flexibility index (Phi) is 4.40. The first-order valence-electron chi connectivity index (χ1n) is 6.92. The number of hydrogen-bond donors (Lipinski definition) is 2. The molecule has 0 aromatic carbocycles. The predicted molar refractivity (Wildman–Crippen MR) is 68.6 cm³/mol. The van der Waals surface area contributed by atoms with Gasteiger partial charge in [-0.25, -0.2) is 0 Å². The molecule has 4 nitrogen and oxygen atoms in total. The van der Waals surface area contributed by atoms with E-state index in [2.05, 4.69) is 10.2 Å². The van der Waals surface area contributed by atoms with Gasteiger partial charge in [0.15, 0.2) is 0 Å². The van der Waals surface area contributed by atoms with Gasteiger partial charge < -0.3 is 16.0 Å². The fraction of sp³-hybridized carbons (Fsp3) is 0.923. The number of rotatable bonds is 2. The second-order valence-corrected chi connectivity index (χ2v) is 5.58. The summed E-state index contributed by atoms with van der Waals surface area (Å²) in [6, 6.07) is 1.57. The van der Waals surface area contributed by atoms with Crippen LogP contribution >= 0.6 is 0 Å². The average molecular weight is 239 g/mol. The summed E-state index contributed by atoms with van der Waals surface area (Å²) < 4.78 is 0. The molecule has 2 aliphatic rings. The lowest BCUT2D eigenvalue weighted by atomic mass is 9.89. The molecule has 0 aromatic rings. The summed E-state index contributed by atoms with van der Waals surface area (Å²) in [6.07, 6.45) is 7.06. The van der Waals surface area contributed by atoms with E-state index in [1.165, 1.54) is 25.7 Å². The lowest BCUT2D eigenvalue weighted by Crippen LogP contribution is -2.49. The molecule has 0 spiro atoms. The van der Waals surface area contributed by atoms with Crippen LogP contribution in [0.15, 0.2) is 0 Å². The van der Waals surface area contributed by atoms with Gasteiger partial charge in [-0.05, 0) is 38.5 Å². The SMILES string of the molecule is CC(=O)NC1CCN(C2CCC(N)CC2)CC1. The van der Waals surface area contributed by atoms with Gasteiger partial charge in [-0.2, -0.15) is 0 Å². The number of carbonyl (C=O) groups is 1. The lowest BCUT2D eigenvalue weighted by Gasteiger charge is -2.40. The molecule has 2 rings (SSSR count). The maximum atomic E-state index is 11.0. The highest BCUT2D eigenvalue weighted by molar-refractivity contribution is 5.73. The predicted octanol–water partition coefficient (Wildman–Crippen LogP) is 0.857. The fourth-order valence-electron chi connectivity index (χ4n) is 3.16. The van der Waals surface area contributed by atoms with Crippen molar-refractivity contribution >= 4 is 5.91 Å². The average Bonchev–Trinajstić information content (AvgIpc) is 2.30. The van der Waals surface area contributed by atoms with Crippen molar-refractivity contribution in [3.05, 3.63) is 0 Å². The van der Waals surface area contributed by atoms with Crippen molar-refractivity contribution < 1.29 is 4.79 Å². The Morgan fingerprint density at radius 3 is 2.24 bits per heavy atom. The van der Waals surface area contributed by atoms with Crippen LogP contribution in [0.5, 0.6) is 0 Å². The third-order valence-electron chi connectivity index (χ3n) is 4.19. The first kappa shape index (κ1) is 12.8. The van der Waals surface area contributed by atoms with Crippen LogP contribution in [0.4, 0.5) is 0 Å². The molecule has 0 unspecified atom stereocenters. The van der Waals surface area contributed by atoms with Gasteiger partial charge in [-0.3, -0.25) is 4.79 Å². The zero-order valence-electron chi connectivity index (χ0n) is 10.8. The van der Waals surface area contributed by atoms with E-state index in [4.69, 9.17) is 5.73 Å². The van der Waals surface area contributed by atoms with Gasteiger partial charge in [0.25, 0.3) is 0 Å². The van der Waals surface area contributed by atoms with Crippen molar-refractivity contribution in [2.75, 3.05) is 13.1 Å². The number of piperidine rings is 1. The zero-order valence-corrected chi connectivity index (χ0v) is 10.8. The van der Waals surface area contributed by atoms with E-state index >= 15 is 0 Å². The van der Waals surface area contributed by atoms with Crippen LogP contribution in [0.1, 0.15) is 45.4 Å². The van der Waals surface area contributed by atoms with Crippen LogP contribution in [0.3, 0.4) is 0 Å². The van der Waals surface area contributed by atoms with Gasteiger partial charge in [-0.1, -0.05) is 0 Å². The Morgan fingerprint density at radius 2 is 1.71 bits per heavy atom. The number of nitrogens with two attached hydrogens (primary N) is 1. The maximum Gasteiger partial charge on any atom is 0.217 e. The van der Waals surface area contributed by atoms with Crippen molar-refractivity contribution in [1.29, 1.82) is 0 Å². The second kappa shape index (κ2) is 5.83. The Balaban J connectivity index is 1.73. The van der Waals surface area contributed by atoms with Gasteiger partial charge in [0.2, 0.25) is 5.91 Å². The van der Waals surface area contributed by atoms with Crippen LogP contribution in [0.25, 0.3) is 0 Å². The molecule has 1 saturated heterocycles. The Morgan fingerprint density at radius 1 is 1.12 bits per heavy atom. The van der Waals surface area contributed by atoms with Crippen LogP contribution in [-0.2, 0) is 4.79 Å². The zero-order chi connectivity index (χ0) is 12.3. The number of likely N-dealkylation sites (tertiary alicyclic amines) is 1. The molecule has 17 heavy (non-hydrogen) atoms. The Bertz CT molecular complexity index is 253. The molecule has 1 aliphatic heterocycles. The summed E-state index contributed by atoms with van der Waals surface area (Å²) in [5.41, 5.74) is 5.94. The minimum atomic E-state index is 0.104. The molecule has 0 radical (unpaired) electrons. The molecule has 1 aliphatic carbocycles. The quantitative estimate of drug-likeness (QED) is 0.751. The number of hydrogen-bond acceptors (Lipinski definition) is 3. The number of nitrogens with zero attached hydrogens (tertiary/aromatic N) is 1. The number of carbonyl (C=O) groups excluding carboxylic acids is 1. The summed E-state index contributed by atoms with van der Waals surface area (Å²) in [6.45, 7) is 3.87. The van der Waals surface area contributed by atoms with Crippen LogP contribution in [0, 0.1) is 0 Å². The van der Waals surface area contributed by atoms with Crippen molar-refractivity contribution in [2.24, 2.45) is 5.73 Å². The van der Waals surface area contributed by atoms with Gasteiger partial charge >= 0.3 is 0 Å². The van der Waals surface area contributed by atoms with Crippen LogP contribution in [0.2, 0.25) is 0 Å². The van der Waals surface area contributed by atoms with E-state index in [9.17, 15) is 4.79 Å². The summed E-state index contributed by atoms with van der Waals surface area (Å²) in [5.74, 6) is 0.104. The lowest BCUT2D eigenvalue weighted by molar-refractivity contribution is -0.120. The standard InChI is InChI=1S/C13H25N3O/c1-10(17)15-12-6-8-16(9-7-12)13-4-2-11(14)3-5-13/h11-13H,2-9,14H2,1H3,(H,15,17). The topological polar surface area (TPSA) is 58.4 Å². The second-order valence-electron chi connectivity index (χ2n) is 5.58. The molecular weight excluding hydrogens is 214 g/mol. The monoisotopic (exact) mass is 239 g/mol. The number of nitrogens with one attached hydrogen (secondary N) is 1. The molecule has 0 bridgehead atoms. The van der Waals surface area contributed by atoms with E-state index in [1.54, 1.807) is 6.92 Å². The minimum absolute atomic E-state index is 0.104. The van der Waals surface area contributed by atoms with E-state index in [-0.39, 0.29) is 5.91 Å². The minimum Gasteiger partial charge on any atom is -0.354 e. The van der Waals surface area contributed by atoms with Gasteiger partial charge in [0.05, 0.1) is 0 Å². The molecule has 98 valence electrons. The van der Waals surface area contributed by atoms with Crippen molar-refractivity contribution in [2.45, 2.75) is 63.6 Å². The summed E-state index contributed by atoms with van der Waals surface area (Å²) in [5, 5.41) is 3.03. The first-order valence-corrected chi connectivity index (χ1v) is 6.92. The molecule has 0 aromatic heterocycles. The molecule has 4 heteroatoms. The highest BCUT2D eigenvalue weighted by Crippen LogP contribution is 2.24. The van der Waals surface area contributed by atoms with Crippen LogP contribution < -0.4 is 11.1 Å². The highest BCUT2D eigenvalue weighted by atomic mass is 16.1. The molecular formula is C13H25N3O. The summed E-state index contributed by atoms with van der Waals surface area (Å²) >= 11 is 0. The molecule has 0 atom stereocenters. The molecule has 2 fully saturated rings. The largest absolute Gasteiger partial charge is 0.354 e. The third kappa shape index (κ3) is 3.68. The Labute approximate surface area is 104 Å². The fourth-order valence-corrected chi connectivity index (χ4v) is 3.16. The molecule has 1 heterocycles. The summed E-state index contributed by atoms with van der Waals surface area (Å²) in [4.78, 5) is 13.6. The van der Waals surface area contributed by atoms with Crippen molar-refractivity contribution in [3.8, 4) is 0 Å². The normalized spacial score (nSPS) is 32.4. The third-order valence-corrected chi connectivity index (χ3v) is 4.19. The van der Waals surface area contributed by atoms with E-state index in [0.29, 0.717) is 12.1 Å². The molecule has 3 N–H and O–H groups in total. The van der Waals surface area contributed by atoms with Crippen molar-refractivity contribution in [1.82, 2.24) is 10.2 Å². The smallest absolute Gasteiger partial charge is 0.217 e. The number of amides is 1. The van der Waals surface area contributed by atoms with E-state index in [1.807, 2.05) is 0 Å². The van der Waals surface area contributed by atoms with Crippen molar-refractivity contribution in [3.63, 3.8) is 0 Å². The first-order chi connectivity index (χ1) is 8.15. The van der Waals surface area contributed by atoms with Gasteiger partial charge in [-0.15, -0.1) is 0 Å². The maximum absolute atomic E-state index is 11.0. The Hall–Kier alpha value is -0.610. The van der Waals surface area contributed by atoms with E-state index < -0.39 is 0 Å². The summed E-state index contributed by atoms with van der Waals surface area (Å²) in [7, 11) is 0. The van der Waals surface area contributed by atoms with Gasteiger partial charge in [0.1, 0.15) is 0 Å².